The molecule has 1 N–H and O–H groups in total. The molecule has 0 aliphatic rings. The van der Waals surface area contributed by atoms with Crippen LogP contribution in [0.3, 0.4) is 0 Å². The van der Waals surface area contributed by atoms with Gasteiger partial charge < -0.3 is 5.32 Å². The summed E-state index contributed by atoms with van der Waals surface area (Å²) in [5.74, 6) is 2.19. The molecule has 20 heavy (non-hydrogen) atoms. The number of benzene rings is 1. The summed E-state index contributed by atoms with van der Waals surface area (Å²) in [5, 5.41) is 3.28. The van der Waals surface area contributed by atoms with Crippen molar-refractivity contribution in [2.24, 2.45) is 0 Å². The van der Waals surface area contributed by atoms with Crippen LogP contribution < -0.4 is 5.32 Å². The molecule has 0 radical (unpaired) electrons. The second-order valence-corrected chi connectivity index (χ2v) is 6.00. The summed E-state index contributed by atoms with van der Waals surface area (Å²) in [6.07, 6.45) is 0.756. The molecule has 106 valence electrons. The second-order valence-electron chi connectivity index (χ2n) is 5.08. The SMILES string of the molecule is CCNc1cc(C(C)C)nc(Cc2ccc(Br)cc2)n1. The summed E-state index contributed by atoms with van der Waals surface area (Å²) in [5.41, 5.74) is 2.31. The van der Waals surface area contributed by atoms with Crippen LogP contribution in [0.2, 0.25) is 0 Å². The van der Waals surface area contributed by atoms with Gasteiger partial charge in [0.15, 0.2) is 0 Å². The van der Waals surface area contributed by atoms with Gasteiger partial charge in [-0.1, -0.05) is 41.9 Å². The summed E-state index contributed by atoms with van der Waals surface area (Å²) in [7, 11) is 0. The van der Waals surface area contributed by atoms with Crippen LogP contribution in [0.15, 0.2) is 34.8 Å². The van der Waals surface area contributed by atoms with Gasteiger partial charge in [0.1, 0.15) is 11.6 Å². The molecule has 0 aliphatic heterocycles. The van der Waals surface area contributed by atoms with Gasteiger partial charge >= 0.3 is 0 Å². The molecule has 0 bridgehead atoms. The third-order valence-corrected chi connectivity index (χ3v) is 3.55. The summed E-state index contributed by atoms with van der Waals surface area (Å²) in [6.45, 7) is 7.25. The zero-order chi connectivity index (χ0) is 14.5. The Balaban J connectivity index is 2.27. The predicted octanol–water partition coefficient (Wildman–Crippen LogP) is 4.39. The van der Waals surface area contributed by atoms with Gasteiger partial charge in [-0.05, 0) is 30.5 Å². The number of nitrogens with one attached hydrogen (secondary N) is 1. The Hall–Kier alpha value is -1.42. The lowest BCUT2D eigenvalue weighted by molar-refractivity contribution is 0.792. The molecular formula is C16H20BrN3. The lowest BCUT2D eigenvalue weighted by atomic mass is 10.1. The number of rotatable bonds is 5. The van der Waals surface area contributed by atoms with Crippen LogP contribution in [-0.2, 0) is 6.42 Å². The molecule has 1 heterocycles. The molecule has 0 spiro atoms. The molecule has 0 amide bonds. The largest absolute Gasteiger partial charge is 0.370 e. The van der Waals surface area contributed by atoms with Crippen LogP contribution in [-0.4, -0.2) is 16.5 Å². The minimum atomic E-state index is 0.402. The number of hydrogen-bond acceptors (Lipinski definition) is 3. The first kappa shape index (κ1) is 15.0. The van der Waals surface area contributed by atoms with Gasteiger partial charge in [0.05, 0.1) is 0 Å². The normalized spacial score (nSPS) is 10.8. The Morgan fingerprint density at radius 3 is 2.45 bits per heavy atom. The molecular weight excluding hydrogens is 314 g/mol. The number of hydrogen-bond donors (Lipinski definition) is 1. The summed E-state index contributed by atoms with van der Waals surface area (Å²) in [4.78, 5) is 9.26. The zero-order valence-corrected chi connectivity index (χ0v) is 13.7. The van der Waals surface area contributed by atoms with Crippen LogP contribution in [0, 0.1) is 0 Å². The lowest BCUT2D eigenvalue weighted by Crippen LogP contribution is -2.07. The van der Waals surface area contributed by atoms with Gasteiger partial charge in [0, 0.05) is 29.2 Å². The van der Waals surface area contributed by atoms with E-state index in [2.05, 4.69) is 64.1 Å². The fourth-order valence-corrected chi connectivity index (χ4v) is 2.21. The number of aromatic nitrogens is 2. The standard InChI is InChI=1S/C16H20BrN3/c1-4-18-15-10-14(11(2)3)19-16(20-15)9-12-5-7-13(17)8-6-12/h5-8,10-11H,4,9H2,1-3H3,(H,18,19,20). The maximum atomic E-state index is 4.67. The highest BCUT2D eigenvalue weighted by molar-refractivity contribution is 9.10. The van der Waals surface area contributed by atoms with E-state index in [0.717, 1.165) is 34.8 Å². The van der Waals surface area contributed by atoms with Gasteiger partial charge in [-0.3, -0.25) is 0 Å². The number of halogens is 1. The van der Waals surface area contributed by atoms with Gasteiger partial charge in [-0.25, -0.2) is 9.97 Å². The van der Waals surface area contributed by atoms with Crippen molar-refractivity contribution < 1.29 is 0 Å². The monoisotopic (exact) mass is 333 g/mol. The zero-order valence-electron chi connectivity index (χ0n) is 12.2. The third kappa shape index (κ3) is 4.04. The van der Waals surface area contributed by atoms with Crippen molar-refractivity contribution in [2.75, 3.05) is 11.9 Å². The molecule has 2 rings (SSSR count). The van der Waals surface area contributed by atoms with Crippen LogP contribution in [0.4, 0.5) is 5.82 Å². The molecule has 3 nitrogen and oxygen atoms in total. The molecule has 0 fully saturated rings. The van der Waals surface area contributed by atoms with E-state index in [1.54, 1.807) is 0 Å². The second kappa shape index (κ2) is 6.84. The first-order chi connectivity index (χ1) is 9.58. The molecule has 1 aromatic heterocycles. The van der Waals surface area contributed by atoms with Gasteiger partial charge in [-0.2, -0.15) is 0 Å². The molecule has 0 aliphatic carbocycles. The fourth-order valence-electron chi connectivity index (χ4n) is 1.95. The smallest absolute Gasteiger partial charge is 0.135 e. The summed E-state index contributed by atoms with van der Waals surface area (Å²) < 4.78 is 1.09. The maximum Gasteiger partial charge on any atom is 0.135 e. The van der Waals surface area contributed by atoms with Crippen molar-refractivity contribution in [3.05, 3.63) is 51.9 Å². The molecule has 0 saturated carbocycles. The van der Waals surface area contributed by atoms with E-state index in [0.29, 0.717) is 5.92 Å². The van der Waals surface area contributed by atoms with Crippen molar-refractivity contribution in [3.63, 3.8) is 0 Å². The van der Waals surface area contributed by atoms with Crippen molar-refractivity contribution in [1.29, 1.82) is 0 Å². The van der Waals surface area contributed by atoms with Gasteiger partial charge in [0.2, 0.25) is 0 Å². The van der Waals surface area contributed by atoms with Gasteiger partial charge in [0.25, 0.3) is 0 Å². The van der Waals surface area contributed by atoms with E-state index in [-0.39, 0.29) is 0 Å². The molecule has 0 saturated heterocycles. The Kier molecular flexibility index (Phi) is 5.12. The highest BCUT2D eigenvalue weighted by atomic mass is 79.9. The number of nitrogens with zero attached hydrogens (tertiary/aromatic N) is 2. The fraction of sp³-hybridized carbons (Fsp3) is 0.375. The van der Waals surface area contributed by atoms with Crippen LogP contribution in [0.25, 0.3) is 0 Å². The Labute approximate surface area is 129 Å². The highest BCUT2D eigenvalue weighted by Crippen LogP contribution is 2.18. The predicted molar refractivity (Wildman–Crippen MR) is 87.2 cm³/mol. The van der Waals surface area contributed by atoms with E-state index in [1.165, 1.54) is 5.56 Å². The molecule has 4 heteroatoms. The number of anilines is 1. The minimum absolute atomic E-state index is 0.402. The first-order valence-corrected chi connectivity index (χ1v) is 7.74. The van der Waals surface area contributed by atoms with Crippen LogP contribution in [0.1, 0.15) is 43.8 Å². The summed E-state index contributed by atoms with van der Waals surface area (Å²) in [6, 6.07) is 10.3. The summed E-state index contributed by atoms with van der Waals surface area (Å²) >= 11 is 3.45. The molecule has 2 aromatic rings. The maximum absolute atomic E-state index is 4.67. The average molecular weight is 334 g/mol. The topological polar surface area (TPSA) is 37.8 Å². The quantitative estimate of drug-likeness (QED) is 0.881. The van der Waals surface area contributed by atoms with Crippen molar-refractivity contribution in [1.82, 2.24) is 9.97 Å². The van der Waals surface area contributed by atoms with E-state index >= 15 is 0 Å². The molecule has 0 unspecified atom stereocenters. The third-order valence-electron chi connectivity index (χ3n) is 3.02. The van der Waals surface area contributed by atoms with E-state index in [4.69, 9.17) is 0 Å². The van der Waals surface area contributed by atoms with Crippen molar-refractivity contribution in [2.45, 2.75) is 33.1 Å². The first-order valence-electron chi connectivity index (χ1n) is 6.94. The van der Waals surface area contributed by atoms with E-state index in [1.807, 2.05) is 18.2 Å². The Morgan fingerprint density at radius 2 is 1.85 bits per heavy atom. The Morgan fingerprint density at radius 1 is 1.15 bits per heavy atom. The van der Waals surface area contributed by atoms with Crippen LogP contribution in [0.5, 0.6) is 0 Å². The van der Waals surface area contributed by atoms with Crippen molar-refractivity contribution in [3.8, 4) is 0 Å². The van der Waals surface area contributed by atoms with Crippen molar-refractivity contribution >= 4 is 21.7 Å². The van der Waals surface area contributed by atoms with Gasteiger partial charge in [-0.15, -0.1) is 0 Å². The minimum Gasteiger partial charge on any atom is -0.370 e. The lowest BCUT2D eigenvalue weighted by Gasteiger charge is -2.11. The van der Waals surface area contributed by atoms with Crippen LogP contribution >= 0.6 is 15.9 Å². The average Bonchev–Trinajstić information content (AvgIpc) is 2.41. The van der Waals surface area contributed by atoms with E-state index in [9.17, 15) is 0 Å². The van der Waals surface area contributed by atoms with E-state index < -0.39 is 0 Å². The molecule has 0 atom stereocenters. The molecule has 1 aromatic carbocycles. The highest BCUT2D eigenvalue weighted by Gasteiger charge is 2.08. The Bertz CT molecular complexity index is 564.